The molecule has 0 radical (unpaired) electrons. The van der Waals surface area contributed by atoms with E-state index >= 15 is 0 Å². The lowest BCUT2D eigenvalue weighted by molar-refractivity contribution is 0.275. The molecule has 17 heavy (non-hydrogen) atoms. The van der Waals surface area contributed by atoms with Crippen molar-refractivity contribution in [3.8, 4) is 0 Å². The van der Waals surface area contributed by atoms with E-state index in [1.807, 2.05) is 11.8 Å². The Balaban J connectivity index is 2.11. The highest BCUT2D eigenvalue weighted by molar-refractivity contribution is 8.00. The first-order valence-corrected chi connectivity index (χ1v) is 7.48. The molecule has 1 N–H and O–H groups in total. The Kier molecular flexibility index (Phi) is 4.52. The molecular formula is C15H22OS. The number of benzene rings is 1. The normalized spacial score (nSPS) is 16.9. The van der Waals surface area contributed by atoms with E-state index in [9.17, 15) is 5.11 Å². The van der Waals surface area contributed by atoms with Gasteiger partial charge in [-0.25, -0.2) is 0 Å². The summed E-state index contributed by atoms with van der Waals surface area (Å²) in [6, 6.07) is 6.84. The van der Waals surface area contributed by atoms with Crippen LogP contribution in [0.2, 0.25) is 0 Å². The monoisotopic (exact) mass is 250 g/mol. The average molecular weight is 250 g/mol. The summed E-state index contributed by atoms with van der Waals surface area (Å²) in [6.45, 7) is 4.61. The Morgan fingerprint density at radius 1 is 1.18 bits per heavy atom. The van der Waals surface area contributed by atoms with Crippen LogP contribution in [0.1, 0.15) is 37.8 Å². The van der Waals surface area contributed by atoms with Crippen molar-refractivity contribution >= 4 is 11.8 Å². The van der Waals surface area contributed by atoms with Crippen molar-refractivity contribution in [2.45, 2.75) is 49.7 Å². The number of aliphatic hydroxyl groups excluding tert-OH is 1. The SMILES string of the molecule is CC(C)C(CO)Sc1ccc2c(c1)CCCC2. The number of hydrogen-bond donors (Lipinski definition) is 1. The number of aliphatic hydroxyl groups is 1. The summed E-state index contributed by atoms with van der Waals surface area (Å²) >= 11 is 1.82. The van der Waals surface area contributed by atoms with Crippen molar-refractivity contribution < 1.29 is 5.11 Å². The van der Waals surface area contributed by atoms with Gasteiger partial charge in [-0.05, 0) is 54.9 Å². The Morgan fingerprint density at radius 2 is 1.88 bits per heavy atom. The maximum absolute atomic E-state index is 9.38. The van der Waals surface area contributed by atoms with Crippen molar-refractivity contribution in [2.24, 2.45) is 5.92 Å². The molecule has 1 aliphatic carbocycles. The van der Waals surface area contributed by atoms with Crippen molar-refractivity contribution in [3.05, 3.63) is 29.3 Å². The summed E-state index contributed by atoms with van der Waals surface area (Å²) in [5, 5.41) is 9.69. The Morgan fingerprint density at radius 3 is 2.53 bits per heavy atom. The van der Waals surface area contributed by atoms with Gasteiger partial charge < -0.3 is 5.11 Å². The summed E-state index contributed by atoms with van der Waals surface area (Å²) in [4.78, 5) is 1.32. The molecule has 0 spiro atoms. The molecule has 0 aromatic heterocycles. The zero-order chi connectivity index (χ0) is 12.3. The minimum atomic E-state index is 0.263. The minimum absolute atomic E-state index is 0.263. The van der Waals surface area contributed by atoms with Crippen LogP contribution in [0.5, 0.6) is 0 Å². The second-order valence-electron chi connectivity index (χ2n) is 5.22. The third-order valence-corrected chi connectivity index (χ3v) is 5.05. The fourth-order valence-electron chi connectivity index (χ4n) is 2.34. The van der Waals surface area contributed by atoms with Crippen molar-refractivity contribution in [2.75, 3.05) is 6.61 Å². The molecule has 94 valence electrons. The van der Waals surface area contributed by atoms with Gasteiger partial charge in [0.1, 0.15) is 0 Å². The molecule has 1 unspecified atom stereocenters. The predicted molar refractivity (Wildman–Crippen MR) is 74.7 cm³/mol. The third kappa shape index (κ3) is 3.26. The number of hydrogen-bond acceptors (Lipinski definition) is 2. The van der Waals surface area contributed by atoms with Crippen LogP contribution in [0.25, 0.3) is 0 Å². The first-order valence-electron chi connectivity index (χ1n) is 6.60. The lowest BCUT2D eigenvalue weighted by atomic mass is 9.92. The summed E-state index contributed by atoms with van der Waals surface area (Å²) < 4.78 is 0. The van der Waals surface area contributed by atoms with Crippen molar-refractivity contribution in [3.63, 3.8) is 0 Å². The van der Waals surface area contributed by atoms with Gasteiger partial charge in [-0.3, -0.25) is 0 Å². The van der Waals surface area contributed by atoms with Crippen LogP contribution >= 0.6 is 11.8 Å². The highest BCUT2D eigenvalue weighted by Gasteiger charge is 2.15. The lowest BCUT2D eigenvalue weighted by Crippen LogP contribution is -2.15. The second kappa shape index (κ2) is 5.92. The highest BCUT2D eigenvalue weighted by atomic mass is 32.2. The van der Waals surface area contributed by atoms with Crippen LogP contribution in [0.15, 0.2) is 23.1 Å². The van der Waals surface area contributed by atoms with Gasteiger partial charge in [0.15, 0.2) is 0 Å². The van der Waals surface area contributed by atoms with Crippen molar-refractivity contribution in [1.29, 1.82) is 0 Å². The van der Waals surface area contributed by atoms with Gasteiger partial charge in [-0.2, -0.15) is 0 Å². The van der Waals surface area contributed by atoms with Crippen molar-refractivity contribution in [1.82, 2.24) is 0 Å². The third-order valence-electron chi connectivity index (χ3n) is 3.53. The fraction of sp³-hybridized carbons (Fsp3) is 0.600. The fourth-order valence-corrected chi connectivity index (χ4v) is 3.40. The van der Waals surface area contributed by atoms with Crippen LogP contribution in [-0.2, 0) is 12.8 Å². The first-order chi connectivity index (χ1) is 8.20. The van der Waals surface area contributed by atoms with Crippen LogP contribution in [0, 0.1) is 5.92 Å². The van der Waals surface area contributed by atoms with Crippen LogP contribution in [-0.4, -0.2) is 17.0 Å². The maximum Gasteiger partial charge on any atom is 0.0556 e. The van der Waals surface area contributed by atoms with Gasteiger partial charge in [0, 0.05) is 10.1 Å². The first kappa shape index (κ1) is 13.0. The minimum Gasteiger partial charge on any atom is -0.395 e. The standard InChI is InChI=1S/C15H22OS/c1-11(2)15(10-16)17-14-8-7-12-5-3-4-6-13(12)9-14/h7-9,11,15-16H,3-6,10H2,1-2H3. The van der Waals surface area contributed by atoms with E-state index in [0.717, 1.165) is 0 Å². The molecule has 0 saturated carbocycles. The molecule has 1 nitrogen and oxygen atoms in total. The topological polar surface area (TPSA) is 20.2 Å². The van der Waals surface area contributed by atoms with Gasteiger partial charge in [0.25, 0.3) is 0 Å². The highest BCUT2D eigenvalue weighted by Crippen LogP contribution is 2.31. The molecule has 0 heterocycles. The number of aryl methyl sites for hydroxylation is 2. The van der Waals surface area contributed by atoms with E-state index in [2.05, 4.69) is 32.0 Å². The molecule has 0 saturated heterocycles. The van der Waals surface area contributed by atoms with Gasteiger partial charge in [0.05, 0.1) is 6.61 Å². The summed E-state index contributed by atoms with van der Waals surface area (Å²) in [5.41, 5.74) is 3.06. The maximum atomic E-state index is 9.38. The molecule has 0 fully saturated rings. The summed E-state index contributed by atoms with van der Waals surface area (Å²) in [6.07, 6.45) is 5.14. The quantitative estimate of drug-likeness (QED) is 0.823. The van der Waals surface area contributed by atoms with E-state index in [-0.39, 0.29) is 6.61 Å². The zero-order valence-corrected chi connectivity index (χ0v) is 11.6. The Bertz CT molecular complexity index is 373. The zero-order valence-electron chi connectivity index (χ0n) is 10.8. The van der Waals surface area contributed by atoms with Crippen LogP contribution in [0.4, 0.5) is 0 Å². The average Bonchev–Trinajstić information content (AvgIpc) is 2.35. The molecular weight excluding hydrogens is 228 g/mol. The van der Waals surface area contributed by atoms with Gasteiger partial charge in [-0.1, -0.05) is 19.9 Å². The summed E-state index contributed by atoms with van der Waals surface area (Å²) in [7, 11) is 0. The molecule has 1 aromatic carbocycles. The second-order valence-corrected chi connectivity index (χ2v) is 6.53. The van der Waals surface area contributed by atoms with E-state index in [0.29, 0.717) is 11.2 Å². The van der Waals surface area contributed by atoms with E-state index in [1.54, 1.807) is 0 Å². The van der Waals surface area contributed by atoms with Crippen LogP contribution in [0.3, 0.4) is 0 Å². The van der Waals surface area contributed by atoms with E-state index in [4.69, 9.17) is 0 Å². The molecule has 0 aliphatic heterocycles. The molecule has 2 rings (SSSR count). The summed E-state index contributed by atoms with van der Waals surface area (Å²) in [5.74, 6) is 0.515. The largest absolute Gasteiger partial charge is 0.395 e. The lowest BCUT2D eigenvalue weighted by Gasteiger charge is -2.20. The Hall–Kier alpha value is -0.470. The molecule has 0 amide bonds. The molecule has 2 heteroatoms. The smallest absolute Gasteiger partial charge is 0.0556 e. The number of rotatable bonds is 4. The molecule has 1 aliphatic rings. The van der Waals surface area contributed by atoms with E-state index < -0.39 is 0 Å². The van der Waals surface area contributed by atoms with E-state index in [1.165, 1.54) is 41.7 Å². The number of thioether (sulfide) groups is 1. The van der Waals surface area contributed by atoms with Crippen LogP contribution < -0.4 is 0 Å². The molecule has 0 bridgehead atoms. The van der Waals surface area contributed by atoms with Gasteiger partial charge in [0.2, 0.25) is 0 Å². The molecule has 1 aromatic rings. The van der Waals surface area contributed by atoms with Gasteiger partial charge >= 0.3 is 0 Å². The number of fused-ring (bicyclic) bond motifs is 1. The molecule has 1 atom stereocenters. The predicted octanol–water partition coefficient (Wildman–Crippen LogP) is 3.67. The Labute approximate surface area is 109 Å². The van der Waals surface area contributed by atoms with Gasteiger partial charge in [-0.15, -0.1) is 11.8 Å².